The lowest BCUT2D eigenvalue weighted by molar-refractivity contribution is 0.557. The van der Waals surface area contributed by atoms with Gasteiger partial charge in [0.15, 0.2) is 0 Å². The molecule has 2 unspecified atom stereocenters. The third-order valence-corrected chi connectivity index (χ3v) is 3.03. The van der Waals surface area contributed by atoms with E-state index in [2.05, 4.69) is 6.92 Å². The molecule has 0 saturated heterocycles. The van der Waals surface area contributed by atoms with Crippen LogP contribution in [-0.4, -0.2) is 4.57 Å². The number of pyridine rings is 1. The lowest BCUT2D eigenvalue weighted by atomic mass is 10.2. The Hall–Kier alpha value is -1.25. The fourth-order valence-corrected chi connectivity index (χ4v) is 1.98. The Balaban J connectivity index is 2.10. The number of rotatable bonds is 3. The molecule has 0 aromatic carbocycles. The van der Waals surface area contributed by atoms with Gasteiger partial charge in [-0.3, -0.25) is 4.79 Å². The van der Waals surface area contributed by atoms with E-state index >= 15 is 0 Å². The molecule has 1 aliphatic rings. The monoisotopic (exact) mass is 192 g/mol. The lowest BCUT2D eigenvalue weighted by Crippen LogP contribution is -2.20. The Bertz CT molecular complexity index is 383. The quantitative estimate of drug-likeness (QED) is 0.788. The minimum Gasteiger partial charge on any atom is -0.398 e. The summed E-state index contributed by atoms with van der Waals surface area (Å²) >= 11 is 0. The maximum absolute atomic E-state index is 11.4. The van der Waals surface area contributed by atoms with Gasteiger partial charge in [-0.15, -0.1) is 0 Å². The zero-order valence-electron chi connectivity index (χ0n) is 8.44. The molecule has 2 atom stereocenters. The van der Waals surface area contributed by atoms with Crippen LogP contribution in [0.4, 0.5) is 5.69 Å². The van der Waals surface area contributed by atoms with E-state index in [0.717, 1.165) is 12.5 Å². The van der Waals surface area contributed by atoms with Gasteiger partial charge in [0.2, 0.25) is 0 Å². The van der Waals surface area contributed by atoms with Gasteiger partial charge >= 0.3 is 0 Å². The van der Waals surface area contributed by atoms with E-state index in [0.29, 0.717) is 11.6 Å². The van der Waals surface area contributed by atoms with E-state index in [9.17, 15) is 4.79 Å². The van der Waals surface area contributed by atoms with Gasteiger partial charge in [-0.05, 0) is 24.3 Å². The molecule has 3 heteroatoms. The largest absolute Gasteiger partial charge is 0.398 e. The van der Waals surface area contributed by atoms with Crippen LogP contribution in [0, 0.1) is 11.8 Å². The van der Waals surface area contributed by atoms with Crippen LogP contribution >= 0.6 is 0 Å². The Morgan fingerprint density at radius 1 is 1.50 bits per heavy atom. The average Bonchev–Trinajstić information content (AvgIpc) is 2.90. The van der Waals surface area contributed by atoms with Crippen molar-refractivity contribution in [3.8, 4) is 0 Å². The van der Waals surface area contributed by atoms with Crippen LogP contribution in [0.25, 0.3) is 0 Å². The second-order valence-electron chi connectivity index (χ2n) is 4.12. The molecule has 1 saturated carbocycles. The molecule has 76 valence electrons. The molecule has 0 bridgehead atoms. The van der Waals surface area contributed by atoms with Crippen LogP contribution in [0.1, 0.15) is 19.8 Å². The highest BCUT2D eigenvalue weighted by Crippen LogP contribution is 2.41. The highest BCUT2D eigenvalue weighted by Gasteiger charge is 2.35. The highest BCUT2D eigenvalue weighted by atomic mass is 16.1. The van der Waals surface area contributed by atoms with Crippen molar-refractivity contribution in [3.63, 3.8) is 0 Å². The predicted octanol–water partition coefficient (Wildman–Crippen LogP) is 1.48. The smallest absolute Gasteiger partial charge is 0.250 e. The van der Waals surface area contributed by atoms with Crippen LogP contribution < -0.4 is 11.3 Å². The molecular formula is C11H16N2O. The van der Waals surface area contributed by atoms with E-state index in [1.165, 1.54) is 12.8 Å². The molecule has 0 aliphatic heterocycles. The molecule has 0 spiro atoms. The number of aromatic nitrogens is 1. The van der Waals surface area contributed by atoms with Crippen molar-refractivity contribution < 1.29 is 0 Å². The van der Waals surface area contributed by atoms with Gasteiger partial charge in [-0.25, -0.2) is 0 Å². The Kier molecular flexibility index (Phi) is 2.32. The number of nitrogen functional groups attached to an aromatic ring is 1. The van der Waals surface area contributed by atoms with Gasteiger partial charge in [-0.1, -0.05) is 13.3 Å². The molecule has 0 radical (unpaired) electrons. The molecule has 3 nitrogen and oxygen atoms in total. The second kappa shape index (κ2) is 3.48. The summed E-state index contributed by atoms with van der Waals surface area (Å²) < 4.78 is 1.73. The highest BCUT2D eigenvalue weighted by molar-refractivity contribution is 5.33. The number of nitrogens with zero attached hydrogens (tertiary/aromatic N) is 1. The van der Waals surface area contributed by atoms with Crippen LogP contribution in [0.15, 0.2) is 23.1 Å². The molecule has 1 fully saturated rings. The van der Waals surface area contributed by atoms with Crippen molar-refractivity contribution >= 4 is 5.69 Å². The van der Waals surface area contributed by atoms with Crippen LogP contribution in [0.2, 0.25) is 0 Å². The SMILES string of the molecule is CCC1CC1Cn1cc(N)ccc1=O. The molecule has 14 heavy (non-hydrogen) atoms. The molecule has 0 amide bonds. The number of nitrogens with two attached hydrogens (primary N) is 1. The summed E-state index contributed by atoms with van der Waals surface area (Å²) in [6, 6.07) is 3.20. The van der Waals surface area contributed by atoms with Crippen LogP contribution in [0.3, 0.4) is 0 Å². The third kappa shape index (κ3) is 1.81. The fourth-order valence-electron chi connectivity index (χ4n) is 1.98. The first-order valence-electron chi connectivity index (χ1n) is 5.16. The first-order valence-corrected chi connectivity index (χ1v) is 5.16. The zero-order valence-corrected chi connectivity index (χ0v) is 8.44. The van der Waals surface area contributed by atoms with Crippen molar-refractivity contribution in [1.82, 2.24) is 4.57 Å². The topological polar surface area (TPSA) is 48.0 Å². The van der Waals surface area contributed by atoms with Crippen molar-refractivity contribution in [2.45, 2.75) is 26.3 Å². The van der Waals surface area contributed by atoms with Gasteiger partial charge < -0.3 is 10.3 Å². The Morgan fingerprint density at radius 3 is 2.93 bits per heavy atom. The van der Waals surface area contributed by atoms with E-state index in [4.69, 9.17) is 5.73 Å². The van der Waals surface area contributed by atoms with Gasteiger partial charge in [0.25, 0.3) is 5.56 Å². The number of anilines is 1. The predicted molar refractivity (Wildman–Crippen MR) is 57.0 cm³/mol. The Morgan fingerprint density at radius 2 is 2.29 bits per heavy atom. The summed E-state index contributed by atoms with van der Waals surface area (Å²) in [4.78, 5) is 11.4. The fraction of sp³-hybridized carbons (Fsp3) is 0.545. The van der Waals surface area contributed by atoms with Crippen molar-refractivity contribution in [3.05, 3.63) is 28.7 Å². The summed E-state index contributed by atoms with van der Waals surface area (Å²) in [6.45, 7) is 3.04. The lowest BCUT2D eigenvalue weighted by Gasteiger charge is -2.05. The summed E-state index contributed by atoms with van der Waals surface area (Å²) in [6.07, 6.45) is 4.23. The second-order valence-corrected chi connectivity index (χ2v) is 4.12. The standard InChI is InChI=1S/C11H16N2O/c1-2-8-5-9(8)6-13-7-10(12)3-4-11(13)14/h3-4,7-9H,2,5-6,12H2,1H3. The first-order chi connectivity index (χ1) is 6.70. The van der Waals surface area contributed by atoms with E-state index in [-0.39, 0.29) is 5.56 Å². The van der Waals surface area contributed by atoms with Gasteiger partial charge in [-0.2, -0.15) is 0 Å². The first kappa shape index (κ1) is 9.31. The van der Waals surface area contributed by atoms with Crippen LogP contribution in [-0.2, 0) is 6.54 Å². The minimum atomic E-state index is 0.0564. The van der Waals surface area contributed by atoms with Crippen molar-refractivity contribution in [2.75, 3.05) is 5.73 Å². The molecule has 1 aromatic heterocycles. The van der Waals surface area contributed by atoms with Crippen molar-refractivity contribution in [2.24, 2.45) is 11.8 Å². The molecular weight excluding hydrogens is 176 g/mol. The maximum Gasteiger partial charge on any atom is 0.250 e. The summed E-state index contributed by atoms with van der Waals surface area (Å²) in [5.74, 6) is 1.52. The molecule has 2 N–H and O–H groups in total. The number of hydrogen-bond acceptors (Lipinski definition) is 2. The minimum absolute atomic E-state index is 0.0564. The molecule has 2 rings (SSSR count). The van der Waals surface area contributed by atoms with Gasteiger partial charge in [0.05, 0.1) is 0 Å². The average molecular weight is 192 g/mol. The zero-order chi connectivity index (χ0) is 10.1. The molecule has 1 heterocycles. The summed E-state index contributed by atoms with van der Waals surface area (Å²) in [7, 11) is 0. The van der Waals surface area contributed by atoms with E-state index in [1.807, 2.05) is 0 Å². The maximum atomic E-state index is 11.4. The van der Waals surface area contributed by atoms with Gasteiger partial charge in [0.1, 0.15) is 0 Å². The molecule has 1 aromatic rings. The van der Waals surface area contributed by atoms with Crippen molar-refractivity contribution in [1.29, 1.82) is 0 Å². The summed E-state index contributed by atoms with van der Waals surface area (Å²) in [5, 5.41) is 0. The third-order valence-electron chi connectivity index (χ3n) is 3.03. The Labute approximate surface area is 83.5 Å². The summed E-state index contributed by atoms with van der Waals surface area (Å²) in [5.41, 5.74) is 6.35. The normalized spacial score (nSPS) is 24.9. The van der Waals surface area contributed by atoms with Gasteiger partial charge in [0, 0.05) is 24.5 Å². The molecule has 1 aliphatic carbocycles. The van der Waals surface area contributed by atoms with E-state index in [1.54, 1.807) is 22.9 Å². The van der Waals surface area contributed by atoms with E-state index < -0.39 is 0 Å². The van der Waals surface area contributed by atoms with Crippen LogP contribution in [0.5, 0.6) is 0 Å². The number of hydrogen-bond donors (Lipinski definition) is 1.